The molecular weight excluding hydrogens is 221 g/mol. The van der Waals surface area contributed by atoms with Crippen LogP contribution < -0.4 is 5.73 Å². The first-order valence-electron chi connectivity index (χ1n) is 4.34. The van der Waals surface area contributed by atoms with Crippen LogP contribution in [0.2, 0.25) is 10.0 Å². The molecule has 0 saturated heterocycles. The van der Waals surface area contributed by atoms with Gasteiger partial charge in [0.2, 0.25) is 5.91 Å². The van der Waals surface area contributed by atoms with Crippen molar-refractivity contribution in [2.24, 2.45) is 11.7 Å². The van der Waals surface area contributed by atoms with E-state index in [1.165, 1.54) is 0 Å². The number of carbonyl (C=O) groups excluding carboxylic acids is 1. The Morgan fingerprint density at radius 2 is 1.93 bits per heavy atom. The van der Waals surface area contributed by atoms with E-state index in [0.29, 0.717) is 10.0 Å². The molecule has 2 rings (SSSR count). The first-order valence-corrected chi connectivity index (χ1v) is 5.10. The van der Waals surface area contributed by atoms with E-state index in [-0.39, 0.29) is 17.7 Å². The van der Waals surface area contributed by atoms with Gasteiger partial charge in [-0.15, -0.1) is 0 Å². The molecule has 14 heavy (non-hydrogen) atoms. The van der Waals surface area contributed by atoms with Crippen LogP contribution >= 0.6 is 23.2 Å². The SMILES string of the molecule is NC(=O)[C@H]1C[C@H]1c1c(Cl)cccc1Cl. The molecule has 0 radical (unpaired) electrons. The van der Waals surface area contributed by atoms with Crippen LogP contribution in [0.1, 0.15) is 17.9 Å². The van der Waals surface area contributed by atoms with Crippen molar-refractivity contribution in [3.8, 4) is 0 Å². The van der Waals surface area contributed by atoms with Crippen LogP contribution in [0.3, 0.4) is 0 Å². The lowest BCUT2D eigenvalue weighted by Crippen LogP contribution is -2.13. The van der Waals surface area contributed by atoms with Gasteiger partial charge in [-0.1, -0.05) is 29.3 Å². The van der Waals surface area contributed by atoms with Crippen LogP contribution in [0.4, 0.5) is 0 Å². The first-order chi connectivity index (χ1) is 6.61. The fourth-order valence-corrected chi connectivity index (χ4v) is 2.37. The Labute approximate surface area is 92.0 Å². The van der Waals surface area contributed by atoms with E-state index >= 15 is 0 Å². The summed E-state index contributed by atoms with van der Waals surface area (Å²) in [6.45, 7) is 0. The molecule has 0 spiro atoms. The minimum atomic E-state index is -0.272. The maximum atomic E-state index is 10.9. The van der Waals surface area contributed by atoms with Gasteiger partial charge in [0.15, 0.2) is 0 Å². The molecular formula is C10H9Cl2NO. The fraction of sp³-hybridized carbons (Fsp3) is 0.300. The molecule has 1 aliphatic rings. The zero-order chi connectivity index (χ0) is 10.3. The Morgan fingerprint density at radius 1 is 1.36 bits per heavy atom. The summed E-state index contributed by atoms with van der Waals surface area (Å²) in [5.74, 6) is -0.243. The van der Waals surface area contributed by atoms with Crippen LogP contribution in [-0.4, -0.2) is 5.91 Å². The topological polar surface area (TPSA) is 43.1 Å². The molecule has 1 amide bonds. The molecule has 1 aliphatic carbocycles. The van der Waals surface area contributed by atoms with Gasteiger partial charge in [-0.25, -0.2) is 0 Å². The third-order valence-electron chi connectivity index (χ3n) is 2.53. The molecule has 2 nitrogen and oxygen atoms in total. The number of amides is 1. The summed E-state index contributed by atoms with van der Waals surface area (Å²) in [4.78, 5) is 10.9. The molecule has 1 aromatic carbocycles. The van der Waals surface area contributed by atoms with Gasteiger partial charge in [0.05, 0.1) is 0 Å². The highest BCUT2D eigenvalue weighted by atomic mass is 35.5. The van der Waals surface area contributed by atoms with E-state index < -0.39 is 0 Å². The zero-order valence-electron chi connectivity index (χ0n) is 7.34. The Kier molecular flexibility index (Phi) is 2.41. The predicted molar refractivity (Wildman–Crippen MR) is 56.5 cm³/mol. The predicted octanol–water partition coefficient (Wildman–Crippen LogP) is 2.58. The van der Waals surface area contributed by atoms with Crippen LogP contribution in [0.5, 0.6) is 0 Å². The third-order valence-corrected chi connectivity index (χ3v) is 3.19. The van der Waals surface area contributed by atoms with Crippen molar-refractivity contribution < 1.29 is 4.79 Å². The Hall–Kier alpha value is -0.730. The van der Waals surface area contributed by atoms with Crippen molar-refractivity contribution in [3.63, 3.8) is 0 Å². The number of rotatable bonds is 2. The molecule has 0 aromatic heterocycles. The smallest absolute Gasteiger partial charge is 0.221 e. The molecule has 74 valence electrons. The molecule has 2 N–H and O–H groups in total. The van der Waals surface area contributed by atoms with Crippen LogP contribution in [0.25, 0.3) is 0 Å². The van der Waals surface area contributed by atoms with Gasteiger partial charge >= 0.3 is 0 Å². The van der Waals surface area contributed by atoms with Crippen molar-refractivity contribution in [3.05, 3.63) is 33.8 Å². The summed E-state index contributed by atoms with van der Waals surface area (Å²) in [6.07, 6.45) is 0.763. The van der Waals surface area contributed by atoms with Gasteiger partial charge in [0, 0.05) is 16.0 Å². The molecule has 1 fully saturated rings. The minimum Gasteiger partial charge on any atom is -0.369 e. The Bertz CT molecular complexity index is 371. The van der Waals surface area contributed by atoms with Crippen LogP contribution in [-0.2, 0) is 4.79 Å². The fourth-order valence-electron chi connectivity index (χ4n) is 1.69. The van der Waals surface area contributed by atoms with Gasteiger partial charge in [0.1, 0.15) is 0 Å². The lowest BCUT2D eigenvalue weighted by atomic mass is 10.1. The molecule has 0 unspecified atom stereocenters. The van der Waals surface area contributed by atoms with Crippen molar-refractivity contribution >= 4 is 29.1 Å². The van der Waals surface area contributed by atoms with Gasteiger partial charge in [0.25, 0.3) is 0 Å². The monoisotopic (exact) mass is 229 g/mol. The van der Waals surface area contributed by atoms with Crippen molar-refractivity contribution in [2.75, 3.05) is 0 Å². The average molecular weight is 230 g/mol. The Morgan fingerprint density at radius 3 is 2.36 bits per heavy atom. The summed E-state index contributed by atoms with van der Waals surface area (Å²) >= 11 is 12.0. The van der Waals surface area contributed by atoms with Gasteiger partial charge in [-0.2, -0.15) is 0 Å². The number of halogens is 2. The normalized spacial score (nSPS) is 24.7. The van der Waals surface area contributed by atoms with Crippen LogP contribution in [0, 0.1) is 5.92 Å². The summed E-state index contributed by atoms with van der Waals surface area (Å²) < 4.78 is 0. The summed E-state index contributed by atoms with van der Waals surface area (Å²) in [7, 11) is 0. The highest BCUT2D eigenvalue weighted by Crippen LogP contribution is 2.51. The zero-order valence-corrected chi connectivity index (χ0v) is 8.85. The molecule has 0 bridgehead atoms. The number of hydrogen-bond donors (Lipinski definition) is 1. The standard InChI is InChI=1S/C10H9Cl2NO/c11-7-2-1-3-8(12)9(7)5-4-6(5)10(13)14/h1-3,5-6H,4H2,(H2,13,14)/t5-,6+/m1/s1. The lowest BCUT2D eigenvalue weighted by Gasteiger charge is -2.04. The molecule has 1 saturated carbocycles. The average Bonchev–Trinajstić information content (AvgIpc) is 2.83. The minimum absolute atomic E-state index is 0.0904. The lowest BCUT2D eigenvalue weighted by molar-refractivity contribution is -0.119. The van der Waals surface area contributed by atoms with E-state index in [1.807, 2.05) is 0 Å². The van der Waals surface area contributed by atoms with Gasteiger partial charge in [-0.05, 0) is 30.0 Å². The first kappa shape index (κ1) is 9.81. The van der Waals surface area contributed by atoms with Gasteiger partial charge in [-0.3, -0.25) is 4.79 Å². The maximum absolute atomic E-state index is 10.9. The van der Waals surface area contributed by atoms with E-state index in [0.717, 1.165) is 12.0 Å². The number of carbonyl (C=O) groups is 1. The highest BCUT2D eigenvalue weighted by molar-refractivity contribution is 6.36. The third kappa shape index (κ3) is 1.60. The quantitative estimate of drug-likeness (QED) is 0.833. The van der Waals surface area contributed by atoms with E-state index in [9.17, 15) is 4.79 Å². The summed E-state index contributed by atoms with van der Waals surface area (Å²) in [5.41, 5.74) is 6.06. The summed E-state index contributed by atoms with van der Waals surface area (Å²) in [5, 5.41) is 1.23. The van der Waals surface area contributed by atoms with Gasteiger partial charge < -0.3 is 5.73 Å². The molecule has 0 heterocycles. The Balaban J connectivity index is 2.31. The van der Waals surface area contributed by atoms with Crippen molar-refractivity contribution in [1.29, 1.82) is 0 Å². The van der Waals surface area contributed by atoms with Crippen molar-refractivity contribution in [2.45, 2.75) is 12.3 Å². The molecule has 0 aliphatic heterocycles. The number of nitrogens with two attached hydrogens (primary N) is 1. The van der Waals surface area contributed by atoms with E-state index in [4.69, 9.17) is 28.9 Å². The molecule has 4 heteroatoms. The second kappa shape index (κ2) is 3.44. The van der Waals surface area contributed by atoms with Crippen molar-refractivity contribution in [1.82, 2.24) is 0 Å². The largest absolute Gasteiger partial charge is 0.369 e. The van der Waals surface area contributed by atoms with Crippen LogP contribution in [0.15, 0.2) is 18.2 Å². The number of hydrogen-bond acceptors (Lipinski definition) is 1. The second-order valence-corrected chi connectivity index (χ2v) is 4.30. The second-order valence-electron chi connectivity index (χ2n) is 3.49. The molecule has 1 aromatic rings. The molecule has 2 atom stereocenters. The maximum Gasteiger partial charge on any atom is 0.221 e. The highest BCUT2D eigenvalue weighted by Gasteiger charge is 2.44. The number of benzene rings is 1. The van der Waals surface area contributed by atoms with E-state index in [1.54, 1.807) is 18.2 Å². The van der Waals surface area contributed by atoms with E-state index in [2.05, 4.69) is 0 Å². The summed E-state index contributed by atoms with van der Waals surface area (Å²) in [6, 6.07) is 5.34. The number of primary amides is 1.